The van der Waals surface area contributed by atoms with Gasteiger partial charge in [-0.1, -0.05) is 49.3 Å². The van der Waals surface area contributed by atoms with Gasteiger partial charge in [0.25, 0.3) is 0 Å². The molecule has 0 spiro atoms. The van der Waals surface area contributed by atoms with E-state index < -0.39 is 5.97 Å². The summed E-state index contributed by atoms with van der Waals surface area (Å²) in [5.74, 6) is 0.512. The summed E-state index contributed by atoms with van der Waals surface area (Å²) in [5.41, 5.74) is 4.28. The molecule has 7 nitrogen and oxygen atoms in total. The Hall–Kier alpha value is -3.22. The van der Waals surface area contributed by atoms with E-state index in [0.29, 0.717) is 23.0 Å². The van der Waals surface area contributed by atoms with Crippen LogP contribution in [0.2, 0.25) is 0 Å². The number of oxime groups is 1. The summed E-state index contributed by atoms with van der Waals surface area (Å²) in [4.78, 5) is 25.8. The highest BCUT2D eigenvalue weighted by Crippen LogP contribution is 2.24. The number of hydrogen-bond acceptors (Lipinski definition) is 7. The average Bonchev–Trinajstić information content (AvgIpc) is 2.77. The molecule has 0 fully saturated rings. The monoisotopic (exact) mass is 413 g/mol. The molecule has 0 N–H and O–H groups in total. The number of methoxy groups -OCH3 is 1. The van der Waals surface area contributed by atoms with Crippen molar-refractivity contribution < 1.29 is 19.1 Å². The maximum absolute atomic E-state index is 12.1. The number of nitrogens with zero attached hydrogens (tertiary/aromatic N) is 3. The summed E-state index contributed by atoms with van der Waals surface area (Å²) < 4.78 is 10.9. The lowest BCUT2D eigenvalue weighted by Crippen LogP contribution is -2.11. The molecule has 0 aliphatic carbocycles. The summed E-state index contributed by atoms with van der Waals surface area (Å²) in [7, 11) is 2.84. The van der Waals surface area contributed by atoms with Crippen molar-refractivity contribution in [1.82, 2.24) is 9.97 Å². The zero-order chi connectivity index (χ0) is 22.7. The van der Waals surface area contributed by atoms with Crippen LogP contribution in [0, 0.1) is 13.8 Å². The lowest BCUT2D eigenvalue weighted by molar-refractivity contribution is -0.133. The summed E-state index contributed by atoms with van der Waals surface area (Å²) >= 11 is 0. The van der Waals surface area contributed by atoms with Gasteiger partial charge in [-0.15, -0.1) is 0 Å². The van der Waals surface area contributed by atoms with Crippen LogP contribution in [0.4, 0.5) is 0 Å². The Bertz CT molecular complexity index is 921. The van der Waals surface area contributed by atoms with Gasteiger partial charge >= 0.3 is 5.97 Å². The largest absolute Gasteiger partial charge is 0.472 e. The third-order valence-corrected chi connectivity index (χ3v) is 4.26. The third kappa shape index (κ3) is 6.14. The lowest BCUT2D eigenvalue weighted by atomic mass is 10.00. The average molecular weight is 414 g/mol. The number of ether oxygens (including phenoxy) is 2. The van der Waals surface area contributed by atoms with Crippen molar-refractivity contribution in [3.63, 3.8) is 0 Å². The second-order valence-corrected chi connectivity index (χ2v) is 6.06. The number of carbonyl (C=O) groups excluding carboxylic acids is 1. The van der Waals surface area contributed by atoms with Crippen molar-refractivity contribution in [2.75, 3.05) is 14.2 Å². The van der Waals surface area contributed by atoms with Gasteiger partial charge in [-0.25, -0.2) is 9.78 Å². The van der Waals surface area contributed by atoms with Crippen LogP contribution in [0.15, 0.2) is 35.5 Å². The molecule has 2 rings (SSSR count). The molecule has 0 saturated carbocycles. The van der Waals surface area contributed by atoms with Crippen LogP contribution in [0.1, 0.15) is 55.9 Å². The molecule has 0 bridgehead atoms. The number of hydrogen-bond donors (Lipinski definition) is 0. The molecule has 7 heteroatoms. The Morgan fingerprint density at radius 3 is 2.40 bits per heavy atom. The zero-order valence-corrected chi connectivity index (χ0v) is 19.1. The standard InChI is InChI=1S/C21H25N3O4.C2H6/c1-7-17(21(25)26-5)18-11-9-8-10-16(18)12-28-20-13(2)14(3)22-19(23-20)15(4)24-27-6;1-2/h7-11H,12H2,1-6H3;1-2H3/b17-7-,24-15-;. The molecule has 162 valence electrons. The van der Waals surface area contributed by atoms with E-state index in [0.717, 1.165) is 22.4 Å². The summed E-state index contributed by atoms with van der Waals surface area (Å²) in [5, 5.41) is 3.88. The predicted octanol–water partition coefficient (Wildman–Crippen LogP) is 4.65. The Morgan fingerprint density at radius 1 is 1.13 bits per heavy atom. The molecule has 30 heavy (non-hydrogen) atoms. The van der Waals surface area contributed by atoms with Gasteiger partial charge in [0.2, 0.25) is 5.88 Å². The molecule has 0 radical (unpaired) electrons. The van der Waals surface area contributed by atoms with E-state index >= 15 is 0 Å². The molecule has 0 aliphatic rings. The molecule has 1 aromatic carbocycles. The van der Waals surface area contributed by atoms with Gasteiger partial charge in [0.05, 0.1) is 12.7 Å². The smallest absolute Gasteiger partial charge is 0.338 e. The normalized spacial score (nSPS) is 11.3. The first-order valence-corrected chi connectivity index (χ1v) is 9.82. The highest BCUT2D eigenvalue weighted by atomic mass is 16.6. The fourth-order valence-corrected chi connectivity index (χ4v) is 2.63. The fraction of sp³-hybridized carbons (Fsp3) is 0.391. The summed E-state index contributed by atoms with van der Waals surface area (Å²) in [6, 6.07) is 7.53. The molecular formula is C23H31N3O4. The topological polar surface area (TPSA) is 82.9 Å². The summed E-state index contributed by atoms with van der Waals surface area (Å²) in [6.45, 7) is 11.6. The molecule has 0 amide bonds. The predicted molar refractivity (Wildman–Crippen MR) is 119 cm³/mol. The van der Waals surface area contributed by atoms with Gasteiger partial charge in [0.1, 0.15) is 19.4 Å². The van der Waals surface area contributed by atoms with Gasteiger partial charge < -0.3 is 14.3 Å². The fourth-order valence-electron chi connectivity index (χ4n) is 2.63. The SMILES string of the molecule is C/C=C(\C(=O)OC)c1ccccc1COc1nc(/C(C)=N\OC)nc(C)c1C.CC. The van der Waals surface area contributed by atoms with Gasteiger partial charge in [-0.05, 0) is 38.8 Å². The molecule has 2 aromatic rings. The van der Waals surface area contributed by atoms with E-state index in [2.05, 4.69) is 15.1 Å². The van der Waals surface area contributed by atoms with Crippen molar-refractivity contribution in [3.05, 3.63) is 58.6 Å². The van der Waals surface area contributed by atoms with Gasteiger partial charge in [0, 0.05) is 11.3 Å². The summed E-state index contributed by atoms with van der Waals surface area (Å²) in [6.07, 6.45) is 1.73. The minimum Gasteiger partial charge on any atom is -0.472 e. The van der Waals surface area contributed by atoms with Crippen molar-refractivity contribution in [2.24, 2.45) is 5.16 Å². The van der Waals surface area contributed by atoms with Crippen LogP contribution in [-0.4, -0.2) is 35.9 Å². The number of esters is 1. The maximum atomic E-state index is 12.1. The van der Waals surface area contributed by atoms with Gasteiger partial charge in [-0.3, -0.25) is 0 Å². The maximum Gasteiger partial charge on any atom is 0.338 e. The Morgan fingerprint density at radius 2 is 1.80 bits per heavy atom. The van der Waals surface area contributed by atoms with Crippen LogP contribution in [0.25, 0.3) is 5.57 Å². The van der Waals surface area contributed by atoms with Crippen molar-refractivity contribution in [3.8, 4) is 5.88 Å². The number of carbonyl (C=O) groups is 1. The van der Waals surface area contributed by atoms with E-state index in [1.807, 2.05) is 52.0 Å². The molecule has 0 atom stereocenters. The molecular weight excluding hydrogens is 382 g/mol. The minimum absolute atomic E-state index is 0.238. The molecule has 1 heterocycles. The second kappa shape index (κ2) is 12.4. The van der Waals surface area contributed by atoms with Crippen molar-refractivity contribution >= 4 is 17.3 Å². The van der Waals surface area contributed by atoms with Gasteiger partial charge in [-0.2, -0.15) is 4.98 Å². The van der Waals surface area contributed by atoms with Crippen LogP contribution in [0.3, 0.4) is 0 Å². The number of benzene rings is 1. The van der Waals surface area contributed by atoms with E-state index in [1.54, 1.807) is 19.9 Å². The van der Waals surface area contributed by atoms with E-state index in [-0.39, 0.29) is 6.61 Å². The molecule has 0 saturated heterocycles. The van der Waals surface area contributed by atoms with Gasteiger partial charge in [0.15, 0.2) is 5.82 Å². The van der Waals surface area contributed by atoms with E-state index in [1.165, 1.54) is 14.2 Å². The molecule has 0 unspecified atom stereocenters. The van der Waals surface area contributed by atoms with Crippen molar-refractivity contribution in [1.29, 1.82) is 0 Å². The lowest BCUT2D eigenvalue weighted by Gasteiger charge is -2.14. The molecule has 1 aromatic heterocycles. The van der Waals surface area contributed by atoms with Crippen molar-refractivity contribution in [2.45, 2.75) is 48.1 Å². The van der Waals surface area contributed by atoms with Crippen LogP contribution >= 0.6 is 0 Å². The van der Waals surface area contributed by atoms with Crippen LogP contribution in [0.5, 0.6) is 5.88 Å². The second-order valence-electron chi connectivity index (χ2n) is 6.06. The Balaban J connectivity index is 0.00000218. The third-order valence-electron chi connectivity index (χ3n) is 4.26. The first kappa shape index (κ1) is 24.8. The van der Waals surface area contributed by atoms with E-state index in [4.69, 9.17) is 14.3 Å². The number of rotatable bonds is 7. The zero-order valence-electron chi connectivity index (χ0n) is 19.1. The Labute approximate surface area is 178 Å². The molecule has 0 aliphatic heterocycles. The first-order chi connectivity index (χ1) is 14.4. The quantitative estimate of drug-likeness (QED) is 0.284. The minimum atomic E-state index is -0.391. The number of aryl methyl sites for hydroxylation is 1. The highest BCUT2D eigenvalue weighted by Gasteiger charge is 2.17. The Kier molecular flexibility index (Phi) is 10.2. The highest BCUT2D eigenvalue weighted by molar-refractivity contribution is 6.16. The number of aromatic nitrogens is 2. The van der Waals surface area contributed by atoms with Crippen LogP contribution < -0.4 is 4.74 Å². The van der Waals surface area contributed by atoms with Crippen LogP contribution in [-0.2, 0) is 21.0 Å². The number of allylic oxidation sites excluding steroid dienone is 1. The van der Waals surface area contributed by atoms with E-state index in [9.17, 15) is 4.79 Å². The first-order valence-electron chi connectivity index (χ1n) is 9.82.